The van der Waals surface area contributed by atoms with E-state index in [1.54, 1.807) is 19.1 Å². The number of carbonyl (C=O) groups is 3. The highest BCUT2D eigenvalue weighted by molar-refractivity contribution is 6.09. The Morgan fingerprint density at radius 3 is 2.79 bits per heavy atom. The first-order valence-corrected chi connectivity index (χ1v) is 7.61. The Morgan fingerprint density at radius 1 is 1.38 bits per heavy atom. The van der Waals surface area contributed by atoms with Crippen LogP contribution >= 0.6 is 0 Å². The number of hydrogen-bond acceptors (Lipinski definition) is 5. The van der Waals surface area contributed by atoms with Gasteiger partial charge in [-0.3, -0.25) is 9.59 Å². The molecule has 2 atom stereocenters. The first kappa shape index (κ1) is 16.1. The van der Waals surface area contributed by atoms with E-state index >= 15 is 0 Å². The molecule has 1 aromatic carbocycles. The van der Waals surface area contributed by atoms with Crippen molar-refractivity contribution in [3.05, 3.63) is 23.8 Å². The Labute approximate surface area is 139 Å². The van der Waals surface area contributed by atoms with E-state index in [0.29, 0.717) is 11.5 Å². The lowest BCUT2D eigenvalue weighted by Gasteiger charge is -2.24. The molecule has 8 heteroatoms. The summed E-state index contributed by atoms with van der Waals surface area (Å²) in [5, 5.41) is 5.14. The van der Waals surface area contributed by atoms with Crippen LogP contribution in [0.1, 0.15) is 19.4 Å². The van der Waals surface area contributed by atoms with Crippen molar-refractivity contribution < 1.29 is 23.9 Å². The van der Waals surface area contributed by atoms with Gasteiger partial charge in [0.15, 0.2) is 11.5 Å². The van der Waals surface area contributed by atoms with Gasteiger partial charge in [0.1, 0.15) is 11.6 Å². The van der Waals surface area contributed by atoms with Gasteiger partial charge >= 0.3 is 6.03 Å². The molecule has 4 amide bonds. The molecule has 0 aliphatic carbocycles. The molecule has 0 aromatic heterocycles. The van der Waals surface area contributed by atoms with Crippen LogP contribution in [-0.2, 0) is 16.0 Å². The third-order valence-corrected chi connectivity index (χ3v) is 4.30. The van der Waals surface area contributed by atoms with Crippen molar-refractivity contribution in [2.45, 2.75) is 31.8 Å². The maximum atomic E-state index is 12.7. The average molecular weight is 333 g/mol. The van der Waals surface area contributed by atoms with Crippen LogP contribution < -0.4 is 20.1 Å². The maximum Gasteiger partial charge on any atom is 0.325 e. The van der Waals surface area contributed by atoms with Gasteiger partial charge < -0.3 is 20.1 Å². The lowest BCUT2D eigenvalue weighted by Crippen LogP contribution is -2.49. The van der Waals surface area contributed by atoms with Crippen LogP contribution in [0.25, 0.3) is 0 Å². The van der Waals surface area contributed by atoms with Crippen LogP contribution in [-0.4, -0.2) is 48.2 Å². The van der Waals surface area contributed by atoms with Crippen molar-refractivity contribution in [2.75, 3.05) is 13.8 Å². The Balaban J connectivity index is 1.82. The van der Waals surface area contributed by atoms with Gasteiger partial charge in [-0.05, 0) is 31.5 Å². The van der Waals surface area contributed by atoms with E-state index in [-0.39, 0.29) is 13.2 Å². The lowest BCUT2D eigenvalue weighted by molar-refractivity contribution is -0.137. The Morgan fingerprint density at radius 2 is 2.08 bits per heavy atom. The zero-order valence-electron chi connectivity index (χ0n) is 13.7. The summed E-state index contributed by atoms with van der Waals surface area (Å²) in [5.74, 6) is 0.441. The predicted molar refractivity (Wildman–Crippen MR) is 83.6 cm³/mol. The van der Waals surface area contributed by atoms with Gasteiger partial charge in [-0.25, -0.2) is 9.69 Å². The van der Waals surface area contributed by atoms with Gasteiger partial charge in [-0.1, -0.05) is 6.07 Å². The van der Waals surface area contributed by atoms with Gasteiger partial charge in [0.25, 0.3) is 5.91 Å². The van der Waals surface area contributed by atoms with Crippen LogP contribution in [0.5, 0.6) is 11.5 Å². The van der Waals surface area contributed by atoms with Crippen molar-refractivity contribution >= 4 is 17.8 Å². The number of nitrogens with zero attached hydrogens (tertiary/aromatic N) is 1. The second-order valence-electron chi connectivity index (χ2n) is 6.09. The number of fused-ring (bicyclic) bond motifs is 1. The van der Waals surface area contributed by atoms with E-state index in [0.717, 1.165) is 10.5 Å². The maximum absolute atomic E-state index is 12.7. The number of hydrogen-bond donors (Lipinski definition) is 2. The normalized spacial score (nSPS) is 23.2. The average Bonchev–Trinajstić information content (AvgIpc) is 3.08. The second-order valence-corrected chi connectivity index (χ2v) is 6.09. The summed E-state index contributed by atoms with van der Waals surface area (Å²) < 4.78 is 10.6. The fourth-order valence-corrected chi connectivity index (χ4v) is 2.96. The molecular formula is C16H19N3O5. The van der Waals surface area contributed by atoms with Gasteiger partial charge in [0.05, 0.1) is 0 Å². The van der Waals surface area contributed by atoms with E-state index in [1.807, 2.05) is 6.07 Å². The molecule has 0 bridgehead atoms. The molecule has 128 valence electrons. The third-order valence-electron chi connectivity index (χ3n) is 4.30. The molecule has 1 aromatic rings. The molecule has 0 saturated carbocycles. The number of rotatable bonds is 4. The van der Waals surface area contributed by atoms with Crippen molar-refractivity contribution in [2.24, 2.45) is 0 Å². The van der Waals surface area contributed by atoms with E-state index in [4.69, 9.17) is 9.47 Å². The molecule has 24 heavy (non-hydrogen) atoms. The minimum Gasteiger partial charge on any atom is -0.454 e. The number of amides is 4. The Hall–Kier alpha value is -2.77. The molecular weight excluding hydrogens is 314 g/mol. The molecule has 3 rings (SSSR count). The van der Waals surface area contributed by atoms with Crippen molar-refractivity contribution in [3.8, 4) is 11.5 Å². The minimum atomic E-state index is -1.12. The van der Waals surface area contributed by atoms with Crippen molar-refractivity contribution in [1.82, 2.24) is 15.5 Å². The zero-order chi connectivity index (χ0) is 17.5. The monoisotopic (exact) mass is 333 g/mol. The summed E-state index contributed by atoms with van der Waals surface area (Å²) in [6.07, 6.45) is 0.283. The highest BCUT2D eigenvalue weighted by Gasteiger charge is 2.50. The van der Waals surface area contributed by atoms with Gasteiger partial charge in [0, 0.05) is 13.5 Å². The largest absolute Gasteiger partial charge is 0.454 e. The van der Waals surface area contributed by atoms with Crippen LogP contribution in [0.4, 0.5) is 4.79 Å². The van der Waals surface area contributed by atoms with E-state index in [2.05, 4.69) is 10.6 Å². The molecule has 1 saturated heterocycles. The number of likely N-dealkylation sites (N-methyl/N-ethyl adjacent to an activating group) is 1. The van der Waals surface area contributed by atoms with Crippen molar-refractivity contribution in [3.63, 3.8) is 0 Å². The van der Waals surface area contributed by atoms with Gasteiger partial charge in [0.2, 0.25) is 12.7 Å². The van der Waals surface area contributed by atoms with E-state index in [9.17, 15) is 14.4 Å². The topological polar surface area (TPSA) is 97.0 Å². The SMILES string of the molecule is CNC(=O)[C@H](C)N1C(=O)N[C@@](C)(Cc2ccc3c(c2)OCO3)C1=O. The lowest BCUT2D eigenvalue weighted by atomic mass is 9.92. The smallest absolute Gasteiger partial charge is 0.325 e. The summed E-state index contributed by atoms with van der Waals surface area (Å²) >= 11 is 0. The molecule has 0 unspecified atom stereocenters. The first-order valence-electron chi connectivity index (χ1n) is 7.61. The quantitative estimate of drug-likeness (QED) is 0.778. The molecule has 8 nitrogen and oxygen atoms in total. The highest BCUT2D eigenvalue weighted by atomic mass is 16.7. The summed E-state index contributed by atoms with van der Waals surface area (Å²) in [5.41, 5.74) is -0.294. The molecule has 2 N–H and O–H groups in total. The molecule has 2 aliphatic heterocycles. The van der Waals surface area contributed by atoms with Crippen LogP contribution in [0, 0.1) is 0 Å². The first-order chi connectivity index (χ1) is 11.4. The summed E-state index contributed by atoms with van der Waals surface area (Å²) in [6, 6.07) is 3.94. The van der Waals surface area contributed by atoms with Gasteiger partial charge in [-0.15, -0.1) is 0 Å². The number of carbonyl (C=O) groups excluding carboxylic acids is 3. The van der Waals surface area contributed by atoms with E-state index < -0.39 is 29.4 Å². The van der Waals surface area contributed by atoms with Crippen LogP contribution in [0.3, 0.4) is 0 Å². The number of ether oxygens (including phenoxy) is 2. The third kappa shape index (κ3) is 2.53. The highest BCUT2D eigenvalue weighted by Crippen LogP contribution is 2.34. The molecule has 0 spiro atoms. The summed E-state index contributed by atoms with van der Waals surface area (Å²) in [6.45, 7) is 3.33. The fourth-order valence-electron chi connectivity index (χ4n) is 2.96. The summed E-state index contributed by atoms with van der Waals surface area (Å²) in [7, 11) is 1.46. The molecule has 2 heterocycles. The van der Waals surface area contributed by atoms with Crippen molar-refractivity contribution in [1.29, 1.82) is 0 Å². The Bertz CT molecular complexity index is 720. The predicted octanol–water partition coefficient (Wildman–Crippen LogP) is 0.403. The van der Waals surface area contributed by atoms with Gasteiger partial charge in [-0.2, -0.15) is 0 Å². The fraction of sp³-hybridized carbons (Fsp3) is 0.438. The zero-order valence-corrected chi connectivity index (χ0v) is 13.7. The Kier molecular flexibility index (Phi) is 3.82. The standard InChI is InChI=1S/C16H19N3O5/c1-9(13(20)17-3)19-14(21)16(2,18-15(19)22)7-10-4-5-11-12(6-10)24-8-23-11/h4-6,9H,7-8H2,1-3H3,(H,17,20)(H,18,22)/t9-,16-/m0/s1. The molecule has 1 fully saturated rings. The molecule has 2 aliphatic rings. The van der Waals surface area contributed by atoms with Crippen LogP contribution in [0.15, 0.2) is 18.2 Å². The van der Waals surface area contributed by atoms with E-state index in [1.165, 1.54) is 14.0 Å². The number of urea groups is 1. The number of benzene rings is 1. The van der Waals surface area contributed by atoms with Crippen LogP contribution in [0.2, 0.25) is 0 Å². The summed E-state index contributed by atoms with van der Waals surface area (Å²) in [4.78, 5) is 37.7. The molecule has 0 radical (unpaired) electrons. The number of imide groups is 1. The second kappa shape index (κ2) is 5.70. The number of nitrogens with one attached hydrogen (secondary N) is 2. The minimum absolute atomic E-state index is 0.170.